The first-order valence-electron chi connectivity index (χ1n) is 5.64. The Hall–Kier alpha value is -1.03. The van der Waals surface area contributed by atoms with Gasteiger partial charge in [0.15, 0.2) is 0 Å². The summed E-state index contributed by atoms with van der Waals surface area (Å²) in [5, 5.41) is 9.68. The molecule has 2 heterocycles. The number of hydrogen-bond donors (Lipinski definition) is 1. The summed E-state index contributed by atoms with van der Waals surface area (Å²) in [6.45, 7) is 0.475. The summed E-state index contributed by atoms with van der Waals surface area (Å²) in [6.07, 6.45) is 3.73. The smallest absolute Gasteiger partial charge is 0.308 e. The standard InChI is InChI=1S/C11H13ClN2O2/c12-10-9(6-1-2-6)13-8-4-3-7(11(15)16)5-14(8)10/h6-7H,1-5H2,(H,15,16). The largest absolute Gasteiger partial charge is 0.481 e. The SMILES string of the molecule is O=C(O)C1CCc2nc(C3CC3)c(Cl)n2C1. The molecule has 1 aromatic rings. The molecule has 1 aliphatic carbocycles. The minimum atomic E-state index is -0.733. The average Bonchev–Trinajstić information content (AvgIpc) is 3.04. The highest BCUT2D eigenvalue weighted by Crippen LogP contribution is 2.43. The predicted molar refractivity (Wildman–Crippen MR) is 58.7 cm³/mol. The van der Waals surface area contributed by atoms with Crippen molar-refractivity contribution < 1.29 is 9.90 Å². The number of aliphatic carboxylic acids is 1. The highest BCUT2D eigenvalue weighted by atomic mass is 35.5. The Morgan fingerprint density at radius 3 is 2.81 bits per heavy atom. The molecule has 5 heteroatoms. The van der Waals surface area contributed by atoms with Crippen molar-refractivity contribution in [3.8, 4) is 0 Å². The Bertz CT molecular complexity index is 451. The number of hydrogen-bond acceptors (Lipinski definition) is 2. The fourth-order valence-electron chi connectivity index (χ4n) is 2.31. The summed E-state index contributed by atoms with van der Waals surface area (Å²) in [5.41, 5.74) is 0.989. The lowest BCUT2D eigenvalue weighted by molar-refractivity contribution is -0.142. The molecule has 1 atom stereocenters. The lowest BCUT2D eigenvalue weighted by Gasteiger charge is -2.20. The van der Waals surface area contributed by atoms with E-state index in [4.69, 9.17) is 16.7 Å². The summed E-state index contributed by atoms with van der Waals surface area (Å²) >= 11 is 6.25. The van der Waals surface area contributed by atoms with Crippen LogP contribution in [0.1, 0.15) is 36.7 Å². The number of imidazole rings is 1. The summed E-state index contributed by atoms with van der Waals surface area (Å²) in [7, 11) is 0. The Morgan fingerprint density at radius 1 is 1.44 bits per heavy atom. The van der Waals surface area contributed by atoms with Crippen molar-refractivity contribution in [2.75, 3.05) is 0 Å². The number of fused-ring (bicyclic) bond motifs is 1. The molecule has 3 rings (SSSR count). The van der Waals surface area contributed by atoms with E-state index >= 15 is 0 Å². The zero-order chi connectivity index (χ0) is 11.3. The number of aryl methyl sites for hydroxylation is 1. The van der Waals surface area contributed by atoms with E-state index in [1.807, 2.05) is 4.57 Å². The first kappa shape index (κ1) is 10.1. The molecule has 1 N–H and O–H groups in total. The molecule has 16 heavy (non-hydrogen) atoms. The first-order chi connectivity index (χ1) is 7.66. The minimum Gasteiger partial charge on any atom is -0.481 e. The summed E-state index contributed by atoms with van der Waals surface area (Å²) in [4.78, 5) is 15.5. The molecule has 2 aliphatic rings. The van der Waals surface area contributed by atoms with Crippen molar-refractivity contribution in [2.45, 2.75) is 38.1 Å². The van der Waals surface area contributed by atoms with Crippen molar-refractivity contribution in [1.82, 2.24) is 9.55 Å². The lowest BCUT2D eigenvalue weighted by Crippen LogP contribution is -2.26. The van der Waals surface area contributed by atoms with Gasteiger partial charge >= 0.3 is 5.97 Å². The molecule has 1 aliphatic heterocycles. The third kappa shape index (κ3) is 1.52. The van der Waals surface area contributed by atoms with E-state index < -0.39 is 5.97 Å². The van der Waals surface area contributed by atoms with Gasteiger partial charge in [-0.1, -0.05) is 11.6 Å². The maximum Gasteiger partial charge on any atom is 0.308 e. The zero-order valence-electron chi connectivity index (χ0n) is 8.82. The Labute approximate surface area is 98.2 Å². The number of nitrogens with zero attached hydrogens (tertiary/aromatic N) is 2. The van der Waals surface area contributed by atoms with Gasteiger partial charge in [-0.3, -0.25) is 4.79 Å². The van der Waals surface area contributed by atoms with Crippen LogP contribution < -0.4 is 0 Å². The van der Waals surface area contributed by atoms with E-state index in [-0.39, 0.29) is 5.92 Å². The van der Waals surface area contributed by atoms with E-state index in [9.17, 15) is 4.79 Å². The molecule has 0 radical (unpaired) electrons. The molecule has 1 fully saturated rings. The van der Waals surface area contributed by atoms with Gasteiger partial charge in [0.25, 0.3) is 0 Å². The van der Waals surface area contributed by atoms with Crippen LogP contribution in [-0.2, 0) is 17.8 Å². The second-order valence-electron chi connectivity index (χ2n) is 4.66. The molecule has 4 nitrogen and oxygen atoms in total. The van der Waals surface area contributed by atoms with Gasteiger partial charge < -0.3 is 9.67 Å². The van der Waals surface area contributed by atoms with Gasteiger partial charge in [0, 0.05) is 18.9 Å². The van der Waals surface area contributed by atoms with Crippen LogP contribution in [0.15, 0.2) is 0 Å². The van der Waals surface area contributed by atoms with Crippen LogP contribution >= 0.6 is 11.6 Å². The van der Waals surface area contributed by atoms with Crippen molar-refractivity contribution in [3.63, 3.8) is 0 Å². The summed E-state index contributed by atoms with van der Waals surface area (Å²) in [6, 6.07) is 0. The maximum atomic E-state index is 11.0. The molecule has 86 valence electrons. The number of rotatable bonds is 2. The van der Waals surface area contributed by atoms with Gasteiger partial charge in [-0.15, -0.1) is 0 Å². The quantitative estimate of drug-likeness (QED) is 0.861. The van der Waals surface area contributed by atoms with Gasteiger partial charge in [-0.2, -0.15) is 0 Å². The van der Waals surface area contributed by atoms with Crippen LogP contribution in [0.25, 0.3) is 0 Å². The highest BCUT2D eigenvalue weighted by molar-refractivity contribution is 6.30. The monoisotopic (exact) mass is 240 g/mol. The molecular formula is C11H13ClN2O2. The second kappa shape index (κ2) is 3.48. The fraction of sp³-hybridized carbons (Fsp3) is 0.636. The number of carbonyl (C=O) groups is 1. The van der Waals surface area contributed by atoms with Gasteiger partial charge in [-0.05, 0) is 19.3 Å². The topological polar surface area (TPSA) is 55.1 Å². The van der Waals surface area contributed by atoms with Gasteiger partial charge in [0.05, 0.1) is 11.6 Å². The van der Waals surface area contributed by atoms with Gasteiger partial charge in [0.2, 0.25) is 0 Å². The number of carboxylic acid groups (broad SMARTS) is 1. The Kier molecular flexibility index (Phi) is 2.21. The molecule has 0 saturated heterocycles. The lowest BCUT2D eigenvalue weighted by atomic mass is 10.00. The highest BCUT2D eigenvalue weighted by Gasteiger charge is 2.34. The van der Waals surface area contributed by atoms with Crippen LogP contribution in [0.5, 0.6) is 0 Å². The van der Waals surface area contributed by atoms with Crippen molar-refractivity contribution in [1.29, 1.82) is 0 Å². The van der Waals surface area contributed by atoms with Gasteiger partial charge in [0.1, 0.15) is 11.0 Å². The van der Waals surface area contributed by atoms with Crippen molar-refractivity contribution in [2.24, 2.45) is 5.92 Å². The van der Waals surface area contributed by atoms with E-state index in [0.717, 1.165) is 17.9 Å². The normalized spacial score (nSPS) is 24.2. The van der Waals surface area contributed by atoms with Crippen LogP contribution in [0.3, 0.4) is 0 Å². The number of carboxylic acids is 1. The van der Waals surface area contributed by atoms with E-state index in [1.54, 1.807) is 0 Å². The zero-order valence-corrected chi connectivity index (χ0v) is 9.57. The second-order valence-corrected chi connectivity index (χ2v) is 5.02. The van der Waals surface area contributed by atoms with Crippen LogP contribution in [0, 0.1) is 5.92 Å². The van der Waals surface area contributed by atoms with Crippen molar-refractivity contribution in [3.05, 3.63) is 16.7 Å². The molecule has 0 bridgehead atoms. The molecule has 1 unspecified atom stereocenters. The summed E-state index contributed by atoms with van der Waals surface area (Å²) in [5.74, 6) is 0.438. The molecule has 0 spiro atoms. The molecule has 1 aromatic heterocycles. The minimum absolute atomic E-state index is 0.314. The van der Waals surface area contributed by atoms with Crippen LogP contribution in [0.2, 0.25) is 5.15 Å². The first-order valence-corrected chi connectivity index (χ1v) is 6.02. The van der Waals surface area contributed by atoms with Crippen molar-refractivity contribution >= 4 is 17.6 Å². The fourth-order valence-corrected chi connectivity index (χ4v) is 2.67. The van der Waals surface area contributed by atoms with Gasteiger partial charge in [-0.25, -0.2) is 4.98 Å². The van der Waals surface area contributed by atoms with Crippen LogP contribution in [0.4, 0.5) is 0 Å². The van der Waals surface area contributed by atoms with E-state index in [2.05, 4.69) is 4.98 Å². The average molecular weight is 241 g/mol. The predicted octanol–water partition coefficient (Wildman–Crippen LogP) is 2.06. The van der Waals surface area contributed by atoms with E-state index in [0.29, 0.717) is 24.0 Å². The van der Waals surface area contributed by atoms with Crippen LogP contribution in [-0.4, -0.2) is 20.6 Å². The third-order valence-corrected chi connectivity index (χ3v) is 3.84. The Morgan fingerprint density at radius 2 is 2.19 bits per heavy atom. The summed E-state index contributed by atoms with van der Waals surface area (Å²) < 4.78 is 1.89. The molecule has 0 aromatic carbocycles. The molecular weight excluding hydrogens is 228 g/mol. The maximum absolute atomic E-state index is 11.0. The Balaban J connectivity index is 1.94. The number of halogens is 1. The number of aromatic nitrogens is 2. The van der Waals surface area contributed by atoms with E-state index in [1.165, 1.54) is 12.8 Å². The molecule has 1 saturated carbocycles. The molecule has 0 amide bonds. The third-order valence-electron chi connectivity index (χ3n) is 3.44.